The van der Waals surface area contributed by atoms with Gasteiger partial charge in [-0.25, -0.2) is 12.8 Å². The van der Waals surface area contributed by atoms with Gasteiger partial charge in [0.15, 0.2) is 14.6 Å². The number of esters is 1. The Morgan fingerprint density at radius 1 is 1.16 bits per heavy atom. The van der Waals surface area contributed by atoms with Crippen LogP contribution < -0.4 is 4.80 Å². The Morgan fingerprint density at radius 3 is 2.47 bits per heavy atom. The summed E-state index contributed by atoms with van der Waals surface area (Å²) in [5.41, 5.74) is 0.769. The summed E-state index contributed by atoms with van der Waals surface area (Å²) in [7, 11) is -3.40. The van der Waals surface area contributed by atoms with Crippen molar-refractivity contribution in [2.45, 2.75) is 43.9 Å². The first-order chi connectivity index (χ1) is 15.1. The molecule has 170 valence electrons. The Kier molecular flexibility index (Phi) is 7.25. The Hall–Kier alpha value is -2.85. The van der Waals surface area contributed by atoms with E-state index in [0.717, 1.165) is 11.3 Å². The number of sulfone groups is 1. The molecule has 0 fully saturated rings. The zero-order valence-corrected chi connectivity index (χ0v) is 19.5. The molecule has 0 aliphatic carbocycles. The number of para-hydroxylation sites is 1. The summed E-state index contributed by atoms with van der Waals surface area (Å²) in [6, 6.07) is 10.6. The van der Waals surface area contributed by atoms with Gasteiger partial charge in [0.1, 0.15) is 12.4 Å². The van der Waals surface area contributed by atoms with Crippen LogP contribution in [0, 0.1) is 5.82 Å². The highest BCUT2D eigenvalue weighted by molar-refractivity contribution is 7.92. The molecule has 10 heteroatoms. The van der Waals surface area contributed by atoms with E-state index in [1.165, 1.54) is 22.8 Å². The molecule has 0 aliphatic rings. The van der Waals surface area contributed by atoms with Crippen molar-refractivity contribution in [2.24, 2.45) is 4.99 Å². The molecule has 3 rings (SSSR count). The minimum atomic E-state index is -3.40. The monoisotopic (exact) mass is 478 g/mol. The number of carbonyl (C=O) groups is 2. The number of hydrogen-bond acceptors (Lipinski definition) is 6. The smallest absolute Gasteiger partial charge is 0.326 e. The summed E-state index contributed by atoms with van der Waals surface area (Å²) >= 11 is 1.09. The van der Waals surface area contributed by atoms with Crippen molar-refractivity contribution in [3.8, 4) is 0 Å². The van der Waals surface area contributed by atoms with Crippen LogP contribution in [-0.2, 0) is 37.1 Å². The maximum absolute atomic E-state index is 14.4. The van der Waals surface area contributed by atoms with Crippen LogP contribution in [0.5, 0.6) is 0 Å². The summed E-state index contributed by atoms with van der Waals surface area (Å²) in [6.07, 6.45) is -0.0713. The number of benzene rings is 2. The van der Waals surface area contributed by atoms with Crippen molar-refractivity contribution in [3.63, 3.8) is 0 Å². The zero-order valence-electron chi connectivity index (χ0n) is 17.9. The minimum absolute atomic E-state index is 0.0713. The van der Waals surface area contributed by atoms with Crippen LogP contribution in [0.1, 0.15) is 26.3 Å². The van der Waals surface area contributed by atoms with E-state index >= 15 is 0 Å². The predicted octanol–water partition coefficient (Wildman–Crippen LogP) is 3.26. The molecule has 0 saturated heterocycles. The molecule has 32 heavy (non-hydrogen) atoms. The number of amides is 1. The number of ether oxygens (including phenoxy) is 1. The second-order valence-electron chi connectivity index (χ2n) is 7.28. The van der Waals surface area contributed by atoms with Gasteiger partial charge in [-0.15, -0.1) is 0 Å². The van der Waals surface area contributed by atoms with Crippen LogP contribution >= 0.6 is 11.3 Å². The van der Waals surface area contributed by atoms with Crippen LogP contribution in [0.2, 0.25) is 0 Å². The van der Waals surface area contributed by atoms with E-state index in [-0.39, 0.29) is 34.8 Å². The van der Waals surface area contributed by atoms with Crippen molar-refractivity contribution in [2.75, 3.05) is 6.61 Å². The van der Waals surface area contributed by atoms with Gasteiger partial charge in [0.2, 0.25) is 0 Å². The fraction of sp³-hybridized carbons (Fsp3) is 0.318. The fourth-order valence-electron chi connectivity index (χ4n) is 3.04. The normalized spacial score (nSPS) is 12.5. The zero-order chi connectivity index (χ0) is 23.5. The first-order valence-electron chi connectivity index (χ1n) is 9.97. The van der Waals surface area contributed by atoms with Crippen LogP contribution in [-0.4, -0.2) is 36.7 Å². The number of carbonyl (C=O) groups excluding carboxylic acids is 2. The Bertz CT molecular complexity index is 1320. The third-order valence-electron chi connectivity index (χ3n) is 4.69. The van der Waals surface area contributed by atoms with Crippen molar-refractivity contribution in [1.29, 1.82) is 0 Å². The number of aromatic nitrogens is 1. The lowest BCUT2D eigenvalue weighted by molar-refractivity contribution is -0.143. The molecule has 0 aliphatic heterocycles. The van der Waals surface area contributed by atoms with E-state index in [9.17, 15) is 22.4 Å². The largest absolute Gasteiger partial charge is 0.465 e. The van der Waals surface area contributed by atoms with E-state index in [4.69, 9.17) is 4.74 Å². The highest BCUT2D eigenvalue weighted by Crippen LogP contribution is 2.21. The lowest BCUT2D eigenvalue weighted by atomic mass is 10.1. The second kappa shape index (κ2) is 9.74. The summed E-state index contributed by atoms with van der Waals surface area (Å²) < 4.78 is 45.7. The Balaban J connectivity index is 1.92. The first-order valence-corrected chi connectivity index (χ1v) is 12.3. The number of halogens is 1. The third-order valence-corrected chi connectivity index (χ3v) is 7.91. The highest BCUT2D eigenvalue weighted by atomic mass is 32.2. The number of thiazole rings is 1. The lowest BCUT2D eigenvalue weighted by Crippen LogP contribution is -2.23. The molecule has 0 unspecified atom stereocenters. The van der Waals surface area contributed by atoms with Crippen LogP contribution in [0.15, 0.2) is 52.4 Å². The molecular weight excluding hydrogens is 455 g/mol. The molecule has 7 nitrogen and oxygen atoms in total. The molecule has 3 aromatic rings. The summed E-state index contributed by atoms with van der Waals surface area (Å²) in [5.74, 6) is -1.60. The molecule has 2 aromatic carbocycles. The average molecular weight is 479 g/mol. The first kappa shape index (κ1) is 23.8. The summed E-state index contributed by atoms with van der Waals surface area (Å²) in [4.78, 5) is 29.1. The maximum atomic E-state index is 14.4. The minimum Gasteiger partial charge on any atom is -0.465 e. The van der Waals surface area contributed by atoms with Crippen molar-refractivity contribution in [1.82, 2.24) is 4.57 Å². The number of hydrogen-bond donors (Lipinski definition) is 0. The Labute approximate surface area is 189 Å². The van der Waals surface area contributed by atoms with Gasteiger partial charge in [-0.3, -0.25) is 9.59 Å². The van der Waals surface area contributed by atoms with Crippen molar-refractivity contribution < 1.29 is 27.1 Å². The lowest BCUT2D eigenvalue weighted by Gasteiger charge is -2.08. The summed E-state index contributed by atoms with van der Waals surface area (Å²) in [5, 5.41) is -0.548. The van der Waals surface area contributed by atoms with Gasteiger partial charge in [0.25, 0.3) is 5.91 Å². The molecule has 0 bridgehead atoms. The summed E-state index contributed by atoms with van der Waals surface area (Å²) in [6.45, 7) is 4.78. The van der Waals surface area contributed by atoms with Crippen LogP contribution in [0.4, 0.5) is 4.39 Å². The van der Waals surface area contributed by atoms with Crippen molar-refractivity contribution in [3.05, 3.63) is 58.6 Å². The van der Waals surface area contributed by atoms with E-state index in [0.29, 0.717) is 10.3 Å². The second-order valence-corrected chi connectivity index (χ2v) is 10.8. The molecule has 0 saturated carbocycles. The predicted molar refractivity (Wildman–Crippen MR) is 119 cm³/mol. The fourth-order valence-corrected chi connectivity index (χ4v) is 5.17. The third kappa shape index (κ3) is 5.13. The van der Waals surface area contributed by atoms with Gasteiger partial charge in [0, 0.05) is 0 Å². The Morgan fingerprint density at radius 2 is 1.84 bits per heavy atom. The molecule has 0 atom stereocenters. The van der Waals surface area contributed by atoms with Gasteiger partial charge in [-0.2, -0.15) is 4.99 Å². The van der Waals surface area contributed by atoms with Gasteiger partial charge in [0.05, 0.1) is 33.4 Å². The molecule has 0 N–H and O–H groups in total. The van der Waals surface area contributed by atoms with Crippen LogP contribution in [0.25, 0.3) is 10.2 Å². The van der Waals surface area contributed by atoms with Crippen LogP contribution in [0.3, 0.4) is 0 Å². The van der Waals surface area contributed by atoms with E-state index in [1.807, 2.05) is 0 Å². The average Bonchev–Trinajstić information content (AvgIpc) is 3.06. The van der Waals surface area contributed by atoms with E-state index < -0.39 is 32.8 Å². The highest BCUT2D eigenvalue weighted by Gasteiger charge is 2.19. The number of rotatable bonds is 7. The van der Waals surface area contributed by atoms with E-state index in [2.05, 4.69) is 4.99 Å². The number of nitrogens with zero attached hydrogens (tertiary/aromatic N) is 2. The standard InChI is InChI=1S/C22H23FN2O5S2/c1-4-30-20(27)13-25-21-17(23)6-5-7-18(21)31-22(25)24-19(26)12-15-8-10-16(11-9-15)32(28,29)14(2)3/h5-11,14H,4,12-13H2,1-3H3. The SMILES string of the molecule is CCOC(=O)Cn1c(=NC(=O)Cc2ccc(S(=O)(=O)C(C)C)cc2)sc2cccc(F)c21. The van der Waals surface area contributed by atoms with Gasteiger partial charge >= 0.3 is 5.97 Å². The molecule has 0 radical (unpaired) electrons. The molecule has 1 heterocycles. The molecule has 1 amide bonds. The van der Waals surface area contributed by atoms with Gasteiger partial charge in [-0.05, 0) is 50.6 Å². The van der Waals surface area contributed by atoms with E-state index in [1.54, 1.807) is 45.0 Å². The maximum Gasteiger partial charge on any atom is 0.326 e. The molecule has 0 spiro atoms. The van der Waals surface area contributed by atoms with Gasteiger partial charge in [-0.1, -0.05) is 29.5 Å². The quantitative estimate of drug-likeness (QED) is 0.486. The number of fused-ring (bicyclic) bond motifs is 1. The topological polar surface area (TPSA) is 94.8 Å². The van der Waals surface area contributed by atoms with Gasteiger partial charge < -0.3 is 9.30 Å². The molecular formula is C22H23FN2O5S2. The molecule has 1 aromatic heterocycles. The van der Waals surface area contributed by atoms with Crippen molar-refractivity contribution >= 4 is 43.3 Å².